The van der Waals surface area contributed by atoms with Gasteiger partial charge >= 0.3 is 6.09 Å². The fourth-order valence-electron chi connectivity index (χ4n) is 3.93. The maximum atomic E-state index is 12.3. The topological polar surface area (TPSA) is 96.5 Å². The number of nitrogens with zero attached hydrogens (tertiary/aromatic N) is 2. The first-order valence-electron chi connectivity index (χ1n) is 10.1. The molecule has 1 aromatic heterocycles. The Morgan fingerprint density at radius 1 is 1.03 bits per heavy atom. The molecule has 0 saturated carbocycles. The molecule has 3 heterocycles. The molecular weight excluding hydrogens is 384 g/mol. The predicted octanol–water partition coefficient (Wildman–Crippen LogP) is 3.37. The van der Waals surface area contributed by atoms with Crippen LogP contribution in [0.1, 0.15) is 24.8 Å². The van der Waals surface area contributed by atoms with Gasteiger partial charge in [-0.1, -0.05) is 0 Å². The highest BCUT2D eigenvalue weighted by molar-refractivity contribution is 5.98. The lowest BCUT2D eigenvalue weighted by atomic mass is 10.0. The number of anilines is 1. The number of rotatable bonds is 1. The summed E-state index contributed by atoms with van der Waals surface area (Å²) in [7, 11) is 0. The number of nitrogens with one attached hydrogen (secondary N) is 2. The average Bonchev–Trinajstić information content (AvgIpc) is 3.37. The summed E-state index contributed by atoms with van der Waals surface area (Å²) in [5, 5.41) is 11.3. The maximum Gasteiger partial charge on any atom is 0.407 e. The first-order chi connectivity index (χ1) is 14.7. The molecule has 1 saturated heterocycles. The van der Waals surface area contributed by atoms with Crippen LogP contribution in [-0.2, 0) is 16.1 Å². The van der Waals surface area contributed by atoms with Crippen molar-refractivity contribution in [1.82, 2.24) is 15.5 Å². The van der Waals surface area contributed by atoms with Crippen LogP contribution in [0.15, 0.2) is 36.4 Å². The molecule has 5 rings (SSSR count). The predicted molar refractivity (Wildman–Crippen MR) is 111 cm³/mol. The highest BCUT2D eigenvalue weighted by atomic mass is 16.5. The number of alkyl carbamates (subject to hydrolysis) is 1. The Labute approximate surface area is 173 Å². The number of aromatic amines is 1. The second-order valence-electron chi connectivity index (χ2n) is 7.52. The Balaban J connectivity index is 1.63. The smallest absolute Gasteiger partial charge is 0.407 e. The van der Waals surface area contributed by atoms with E-state index in [4.69, 9.17) is 9.47 Å². The van der Waals surface area contributed by atoms with Crippen molar-refractivity contribution in [1.29, 1.82) is 0 Å². The first kappa shape index (κ1) is 18.5. The molecule has 2 aliphatic rings. The van der Waals surface area contributed by atoms with E-state index in [1.54, 1.807) is 4.90 Å². The number of cyclic esters (lactones) is 1. The number of ether oxygens (including phenoxy) is 2. The van der Waals surface area contributed by atoms with Gasteiger partial charge in [-0.05, 0) is 54.8 Å². The summed E-state index contributed by atoms with van der Waals surface area (Å²) in [5.74, 6) is 0.846. The molecule has 154 valence electrons. The molecule has 0 atom stereocenters. The molecule has 8 nitrogen and oxygen atoms in total. The summed E-state index contributed by atoms with van der Waals surface area (Å²) in [6.45, 7) is 1.74. The average molecular weight is 406 g/mol. The normalized spacial score (nSPS) is 17.3. The summed E-state index contributed by atoms with van der Waals surface area (Å²) in [4.78, 5) is 26.1. The van der Waals surface area contributed by atoms with Gasteiger partial charge < -0.3 is 19.7 Å². The minimum Gasteiger partial charge on any atom is -0.494 e. The molecular formula is C22H22N4O4. The molecule has 4 bridgehead atoms. The molecule has 1 fully saturated rings. The summed E-state index contributed by atoms with van der Waals surface area (Å²) < 4.78 is 11.2. The number of benzene rings is 2. The van der Waals surface area contributed by atoms with E-state index >= 15 is 0 Å². The number of hydrogen-bond donors (Lipinski definition) is 2. The molecule has 2 amide bonds. The molecule has 2 aromatic carbocycles. The Morgan fingerprint density at radius 3 is 2.83 bits per heavy atom. The third-order valence-electron chi connectivity index (χ3n) is 5.40. The summed E-state index contributed by atoms with van der Waals surface area (Å²) >= 11 is 0. The SMILES string of the molecule is O=C1NCCCOc2ccc3[nH]nc(c3c2)-c2cc(cc(N3CCCC3=O)c2)CO1. The minimum absolute atomic E-state index is 0.102. The van der Waals surface area contributed by atoms with Crippen molar-refractivity contribution in [3.8, 4) is 17.0 Å². The fourth-order valence-corrected chi connectivity index (χ4v) is 3.93. The van der Waals surface area contributed by atoms with E-state index in [1.165, 1.54) is 0 Å². The van der Waals surface area contributed by atoms with Crippen LogP contribution < -0.4 is 15.0 Å². The van der Waals surface area contributed by atoms with Crippen molar-refractivity contribution in [2.75, 3.05) is 24.6 Å². The van der Waals surface area contributed by atoms with E-state index in [2.05, 4.69) is 15.5 Å². The zero-order valence-electron chi connectivity index (χ0n) is 16.4. The van der Waals surface area contributed by atoms with Crippen molar-refractivity contribution < 1.29 is 19.1 Å². The third-order valence-corrected chi connectivity index (χ3v) is 5.40. The van der Waals surface area contributed by atoms with Crippen LogP contribution in [0.5, 0.6) is 5.75 Å². The first-order valence-corrected chi connectivity index (χ1v) is 10.1. The van der Waals surface area contributed by atoms with Crippen LogP contribution in [0, 0.1) is 0 Å². The summed E-state index contributed by atoms with van der Waals surface area (Å²) in [6.07, 6.45) is 1.57. The molecule has 0 radical (unpaired) electrons. The van der Waals surface area contributed by atoms with E-state index in [9.17, 15) is 9.59 Å². The van der Waals surface area contributed by atoms with Gasteiger partial charge in [0.25, 0.3) is 0 Å². The summed E-state index contributed by atoms with van der Waals surface area (Å²) in [6, 6.07) is 11.6. The van der Waals surface area contributed by atoms with Crippen molar-refractivity contribution >= 4 is 28.6 Å². The van der Waals surface area contributed by atoms with Crippen LogP contribution in [0.4, 0.5) is 10.5 Å². The van der Waals surface area contributed by atoms with Gasteiger partial charge in [-0.15, -0.1) is 0 Å². The van der Waals surface area contributed by atoms with E-state index in [0.717, 1.165) is 45.6 Å². The number of carbonyl (C=O) groups excluding carboxylic acids is 2. The highest BCUT2D eigenvalue weighted by Crippen LogP contribution is 2.34. The Kier molecular flexibility index (Phi) is 4.74. The third kappa shape index (κ3) is 3.56. The van der Waals surface area contributed by atoms with Crippen molar-refractivity contribution in [3.05, 3.63) is 42.0 Å². The second-order valence-corrected chi connectivity index (χ2v) is 7.52. The van der Waals surface area contributed by atoms with E-state index in [0.29, 0.717) is 32.5 Å². The number of fused-ring (bicyclic) bond motifs is 4. The van der Waals surface area contributed by atoms with Crippen molar-refractivity contribution in [2.45, 2.75) is 25.9 Å². The van der Waals surface area contributed by atoms with Gasteiger partial charge in [0.15, 0.2) is 0 Å². The minimum atomic E-state index is -0.475. The van der Waals surface area contributed by atoms with Gasteiger partial charge in [-0.25, -0.2) is 4.79 Å². The van der Waals surface area contributed by atoms with Crippen LogP contribution in [0.3, 0.4) is 0 Å². The van der Waals surface area contributed by atoms with Crippen LogP contribution in [-0.4, -0.2) is 41.9 Å². The van der Waals surface area contributed by atoms with Crippen LogP contribution in [0.2, 0.25) is 0 Å². The summed E-state index contributed by atoms with van der Waals surface area (Å²) in [5.41, 5.74) is 4.12. The number of amides is 2. The number of H-pyrrole nitrogens is 1. The Morgan fingerprint density at radius 2 is 1.97 bits per heavy atom. The second kappa shape index (κ2) is 7.70. The van der Waals surface area contributed by atoms with Gasteiger partial charge in [0.1, 0.15) is 18.1 Å². The van der Waals surface area contributed by atoms with Gasteiger partial charge in [0, 0.05) is 36.1 Å². The number of carbonyl (C=O) groups is 2. The van der Waals surface area contributed by atoms with Crippen LogP contribution >= 0.6 is 0 Å². The molecule has 0 spiro atoms. The molecule has 3 aromatic rings. The quantitative estimate of drug-likeness (QED) is 0.646. The lowest BCUT2D eigenvalue weighted by Crippen LogP contribution is -2.26. The lowest BCUT2D eigenvalue weighted by Gasteiger charge is -2.18. The van der Waals surface area contributed by atoms with Crippen molar-refractivity contribution in [3.63, 3.8) is 0 Å². The van der Waals surface area contributed by atoms with E-state index in [1.807, 2.05) is 36.4 Å². The zero-order valence-corrected chi connectivity index (χ0v) is 16.4. The molecule has 8 heteroatoms. The van der Waals surface area contributed by atoms with Crippen LogP contribution in [0.25, 0.3) is 22.2 Å². The highest BCUT2D eigenvalue weighted by Gasteiger charge is 2.23. The fraction of sp³-hybridized carbons (Fsp3) is 0.318. The lowest BCUT2D eigenvalue weighted by molar-refractivity contribution is -0.117. The number of aromatic nitrogens is 2. The largest absolute Gasteiger partial charge is 0.494 e. The Hall–Kier alpha value is -3.55. The van der Waals surface area contributed by atoms with E-state index in [-0.39, 0.29) is 12.5 Å². The van der Waals surface area contributed by atoms with Gasteiger partial charge in [-0.2, -0.15) is 5.10 Å². The molecule has 2 N–H and O–H groups in total. The Bertz CT molecular complexity index is 1120. The van der Waals surface area contributed by atoms with Gasteiger partial charge in [0.05, 0.1) is 12.1 Å². The molecule has 0 aliphatic carbocycles. The monoisotopic (exact) mass is 406 g/mol. The number of hydrogen-bond acceptors (Lipinski definition) is 5. The molecule has 0 unspecified atom stereocenters. The molecule has 2 aliphatic heterocycles. The standard InChI is InChI=1S/C22H22N4O4/c27-20-3-1-7-26(20)16-10-14-9-15(11-16)21-18-12-17(4-5-19(18)24-25-21)29-8-2-6-23-22(28)30-13-14/h4-5,9-12H,1-3,6-8,13H2,(H,23,28)(H,24,25). The maximum absolute atomic E-state index is 12.3. The zero-order chi connectivity index (χ0) is 20.5. The van der Waals surface area contributed by atoms with Gasteiger partial charge in [0.2, 0.25) is 5.91 Å². The van der Waals surface area contributed by atoms with Crippen molar-refractivity contribution in [2.24, 2.45) is 0 Å². The van der Waals surface area contributed by atoms with Gasteiger partial charge in [-0.3, -0.25) is 9.89 Å². The van der Waals surface area contributed by atoms with E-state index < -0.39 is 6.09 Å². The molecule has 30 heavy (non-hydrogen) atoms.